The first-order chi connectivity index (χ1) is 12.6. The number of nitrogens with zero attached hydrogens (tertiary/aromatic N) is 1. The van der Waals surface area contributed by atoms with Crippen molar-refractivity contribution < 1.29 is 4.79 Å². The van der Waals surface area contributed by atoms with Gasteiger partial charge in [-0.3, -0.25) is 4.79 Å². The van der Waals surface area contributed by atoms with Gasteiger partial charge in [0.15, 0.2) is 0 Å². The first-order valence-electron chi connectivity index (χ1n) is 8.45. The van der Waals surface area contributed by atoms with Gasteiger partial charge in [-0.2, -0.15) is 0 Å². The second-order valence-corrected chi connectivity index (χ2v) is 7.39. The molecular weight excluding hydrogens is 340 g/mol. The normalized spacial score (nSPS) is 10.8. The predicted octanol–water partition coefficient (Wildman–Crippen LogP) is 5.83. The highest BCUT2D eigenvalue weighted by molar-refractivity contribution is 7.21. The van der Waals surface area contributed by atoms with E-state index in [0.717, 1.165) is 37.6 Å². The van der Waals surface area contributed by atoms with Crippen molar-refractivity contribution in [1.82, 2.24) is 4.98 Å². The van der Waals surface area contributed by atoms with Gasteiger partial charge in [0.2, 0.25) is 0 Å². The highest BCUT2D eigenvalue weighted by atomic mass is 32.1. The van der Waals surface area contributed by atoms with Gasteiger partial charge >= 0.3 is 0 Å². The second-order valence-electron chi connectivity index (χ2n) is 6.36. The molecule has 1 N–H and O–H groups in total. The first-order valence-corrected chi connectivity index (χ1v) is 9.26. The first kappa shape index (κ1) is 16.5. The minimum absolute atomic E-state index is 0.115. The van der Waals surface area contributed by atoms with Gasteiger partial charge in [-0.05, 0) is 50.2 Å². The molecule has 26 heavy (non-hydrogen) atoms. The Morgan fingerprint density at radius 1 is 0.923 bits per heavy atom. The van der Waals surface area contributed by atoms with Gasteiger partial charge in [-0.15, -0.1) is 11.3 Å². The number of nitrogens with one attached hydrogen (secondary N) is 1. The number of para-hydroxylation sites is 1. The third-order valence-corrected chi connectivity index (χ3v) is 5.33. The monoisotopic (exact) mass is 358 g/mol. The van der Waals surface area contributed by atoms with Gasteiger partial charge < -0.3 is 5.32 Å². The number of aromatic nitrogens is 1. The number of thiazole rings is 1. The minimum Gasteiger partial charge on any atom is -0.321 e. The predicted molar refractivity (Wildman–Crippen MR) is 109 cm³/mol. The molecule has 3 aromatic carbocycles. The third-order valence-electron chi connectivity index (χ3n) is 4.26. The molecule has 0 saturated carbocycles. The van der Waals surface area contributed by atoms with Gasteiger partial charge in [0.25, 0.3) is 5.91 Å². The molecule has 0 saturated heterocycles. The van der Waals surface area contributed by atoms with Crippen LogP contribution in [0.4, 0.5) is 5.69 Å². The van der Waals surface area contributed by atoms with E-state index in [2.05, 4.69) is 17.4 Å². The molecule has 0 bridgehead atoms. The molecule has 1 aromatic heterocycles. The minimum atomic E-state index is -0.115. The van der Waals surface area contributed by atoms with Crippen molar-refractivity contribution in [3.8, 4) is 10.6 Å². The summed E-state index contributed by atoms with van der Waals surface area (Å²) in [4.78, 5) is 17.4. The van der Waals surface area contributed by atoms with Crippen LogP contribution in [-0.2, 0) is 0 Å². The summed E-state index contributed by atoms with van der Waals surface area (Å²) in [5, 5.41) is 3.96. The van der Waals surface area contributed by atoms with Crippen LogP contribution in [0, 0.1) is 13.8 Å². The maximum atomic E-state index is 12.6. The average molecular weight is 358 g/mol. The van der Waals surface area contributed by atoms with Crippen LogP contribution in [0.15, 0.2) is 66.7 Å². The van der Waals surface area contributed by atoms with E-state index in [-0.39, 0.29) is 5.91 Å². The lowest BCUT2D eigenvalue weighted by Gasteiger charge is -2.11. The van der Waals surface area contributed by atoms with Crippen molar-refractivity contribution in [2.24, 2.45) is 0 Å². The van der Waals surface area contributed by atoms with E-state index in [9.17, 15) is 4.79 Å². The van der Waals surface area contributed by atoms with Crippen molar-refractivity contribution in [2.75, 3.05) is 5.32 Å². The molecule has 4 heteroatoms. The fraction of sp³-hybridized carbons (Fsp3) is 0.0909. The summed E-state index contributed by atoms with van der Waals surface area (Å²) in [6.07, 6.45) is 0. The Labute approximate surface area is 156 Å². The SMILES string of the molecule is Cc1ccc(C(=O)Nc2ccc(C)cc2-c2nc3ccccc3s2)cc1. The van der Waals surface area contributed by atoms with Crippen molar-refractivity contribution in [3.05, 3.63) is 83.4 Å². The third kappa shape index (κ3) is 3.24. The zero-order valence-corrected chi connectivity index (χ0v) is 15.4. The average Bonchev–Trinajstić information content (AvgIpc) is 3.07. The molecular formula is C22H18N2OS. The van der Waals surface area contributed by atoms with Crippen LogP contribution in [0.25, 0.3) is 20.8 Å². The lowest BCUT2D eigenvalue weighted by atomic mass is 10.1. The topological polar surface area (TPSA) is 42.0 Å². The van der Waals surface area contributed by atoms with E-state index >= 15 is 0 Å². The Hall–Kier alpha value is -2.98. The largest absolute Gasteiger partial charge is 0.321 e. The van der Waals surface area contributed by atoms with Crippen molar-refractivity contribution >= 4 is 33.1 Å². The van der Waals surface area contributed by atoms with Crippen LogP contribution >= 0.6 is 11.3 Å². The number of carbonyl (C=O) groups excluding carboxylic acids is 1. The van der Waals surface area contributed by atoms with Gasteiger partial charge in [0.05, 0.1) is 15.9 Å². The summed E-state index contributed by atoms with van der Waals surface area (Å²) >= 11 is 1.64. The molecule has 0 spiro atoms. The Morgan fingerprint density at radius 3 is 2.42 bits per heavy atom. The molecule has 0 unspecified atom stereocenters. The Balaban J connectivity index is 1.72. The van der Waals surface area contributed by atoms with Gasteiger partial charge in [0, 0.05) is 11.1 Å². The summed E-state index contributed by atoms with van der Waals surface area (Å²) in [7, 11) is 0. The Bertz CT molecular complexity index is 1060. The van der Waals surface area contributed by atoms with E-state index < -0.39 is 0 Å². The van der Waals surface area contributed by atoms with E-state index in [0.29, 0.717) is 5.56 Å². The van der Waals surface area contributed by atoms with E-state index in [1.807, 2.05) is 68.4 Å². The molecule has 0 atom stereocenters. The van der Waals surface area contributed by atoms with Crippen LogP contribution < -0.4 is 5.32 Å². The van der Waals surface area contributed by atoms with E-state index in [4.69, 9.17) is 4.98 Å². The molecule has 0 aliphatic carbocycles. The molecule has 0 radical (unpaired) electrons. The van der Waals surface area contributed by atoms with Crippen LogP contribution in [0.3, 0.4) is 0 Å². The summed E-state index contributed by atoms with van der Waals surface area (Å²) in [5.74, 6) is -0.115. The molecule has 128 valence electrons. The van der Waals surface area contributed by atoms with Crippen molar-refractivity contribution in [1.29, 1.82) is 0 Å². The van der Waals surface area contributed by atoms with Crippen LogP contribution in [0.5, 0.6) is 0 Å². The summed E-state index contributed by atoms with van der Waals surface area (Å²) < 4.78 is 1.14. The van der Waals surface area contributed by atoms with Crippen LogP contribution in [-0.4, -0.2) is 10.9 Å². The second kappa shape index (κ2) is 6.73. The maximum absolute atomic E-state index is 12.6. The van der Waals surface area contributed by atoms with Crippen molar-refractivity contribution in [2.45, 2.75) is 13.8 Å². The lowest BCUT2D eigenvalue weighted by Crippen LogP contribution is -2.12. The number of amides is 1. The number of benzene rings is 3. The molecule has 0 aliphatic heterocycles. The number of aryl methyl sites for hydroxylation is 2. The van der Waals surface area contributed by atoms with E-state index in [1.54, 1.807) is 11.3 Å². The molecule has 0 aliphatic rings. The van der Waals surface area contributed by atoms with Gasteiger partial charge in [-0.1, -0.05) is 41.5 Å². The van der Waals surface area contributed by atoms with E-state index in [1.165, 1.54) is 0 Å². The zero-order valence-electron chi connectivity index (χ0n) is 14.6. The van der Waals surface area contributed by atoms with Gasteiger partial charge in [-0.25, -0.2) is 4.98 Å². The smallest absolute Gasteiger partial charge is 0.255 e. The Kier molecular flexibility index (Phi) is 4.27. The lowest BCUT2D eigenvalue weighted by molar-refractivity contribution is 0.102. The summed E-state index contributed by atoms with van der Waals surface area (Å²) in [5.41, 5.74) is 5.61. The number of carbonyl (C=O) groups is 1. The fourth-order valence-electron chi connectivity index (χ4n) is 2.83. The molecule has 4 aromatic rings. The van der Waals surface area contributed by atoms with Crippen molar-refractivity contribution in [3.63, 3.8) is 0 Å². The number of anilines is 1. The highest BCUT2D eigenvalue weighted by Crippen LogP contribution is 2.35. The quantitative estimate of drug-likeness (QED) is 0.500. The van der Waals surface area contributed by atoms with Crippen LogP contribution in [0.1, 0.15) is 21.5 Å². The van der Waals surface area contributed by atoms with Gasteiger partial charge in [0.1, 0.15) is 5.01 Å². The molecule has 3 nitrogen and oxygen atoms in total. The fourth-order valence-corrected chi connectivity index (χ4v) is 3.83. The molecule has 1 heterocycles. The number of hydrogen-bond acceptors (Lipinski definition) is 3. The number of rotatable bonds is 3. The summed E-state index contributed by atoms with van der Waals surface area (Å²) in [6.45, 7) is 4.05. The summed E-state index contributed by atoms with van der Waals surface area (Å²) in [6, 6.07) is 21.7. The molecule has 0 fully saturated rings. The number of hydrogen-bond donors (Lipinski definition) is 1. The highest BCUT2D eigenvalue weighted by Gasteiger charge is 2.14. The van der Waals surface area contributed by atoms with Crippen LogP contribution in [0.2, 0.25) is 0 Å². The number of fused-ring (bicyclic) bond motifs is 1. The molecule has 4 rings (SSSR count). The standard InChI is InChI=1S/C22H18N2OS/c1-14-7-10-16(11-8-14)21(25)23-18-12-9-15(2)13-17(18)22-24-19-5-3-4-6-20(19)26-22/h3-13H,1-2H3,(H,23,25). The maximum Gasteiger partial charge on any atom is 0.255 e. The Morgan fingerprint density at radius 2 is 1.65 bits per heavy atom. The zero-order chi connectivity index (χ0) is 18.1. The molecule has 1 amide bonds.